The third kappa shape index (κ3) is 3.16. The van der Waals surface area contributed by atoms with Gasteiger partial charge in [-0.2, -0.15) is 0 Å². The average molecular weight is 342 g/mol. The standard InChI is InChI=1S/C20H20F2N2O/c21-18-6-5-15(11-19(18)22)20(25)24-10-8-17(13-24)23-9-7-14-3-1-2-4-16(14)12-23/h1-6,11,17H,7-10,12-13H2. The van der Waals surface area contributed by atoms with E-state index in [1.165, 1.54) is 17.2 Å². The van der Waals surface area contributed by atoms with Crippen molar-refractivity contribution >= 4 is 5.91 Å². The molecule has 25 heavy (non-hydrogen) atoms. The predicted octanol–water partition coefficient (Wildman–Crippen LogP) is 3.24. The number of amides is 1. The maximum absolute atomic E-state index is 13.4. The summed E-state index contributed by atoms with van der Waals surface area (Å²) in [5, 5.41) is 0. The molecule has 0 saturated carbocycles. The van der Waals surface area contributed by atoms with Gasteiger partial charge in [0.1, 0.15) is 0 Å². The van der Waals surface area contributed by atoms with E-state index >= 15 is 0 Å². The fraction of sp³-hybridized carbons (Fsp3) is 0.350. The molecular formula is C20H20F2N2O. The van der Waals surface area contributed by atoms with Crippen LogP contribution in [0, 0.1) is 11.6 Å². The third-order valence-electron chi connectivity index (χ3n) is 5.29. The van der Waals surface area contributed by atoms with E-state index < -0.39 is 11.6 Å². The highest BCUT2D eigenvalue weighted by Crippen LogP contribution is 2.25. The molecule has 0 N–H and O–H groups in total. The van der Waals surface area contributed by atoms with E-state index in [1.54, 1.807) is 4.90 Å². The van der Waals surface area contributed by atoms with Crippen molar-refractivity contribution in [2.24, 2.45) is 0 Å². The number of carbonyl (C=O) groups excluding carboxylic acids is 1. The molecule has 5 heteroatoms. The summed E-state index contributed by atoms with van der Waals surface area (Å²) < 4.78 is 26.4. The van der Waals surface area contributed by atoms with Crippen LogP contribution in [0.3, 0.4) is 0 Å². The lowest BCUT2D eigenvalue weighted by molar-refractivity contribution is 0.0772. The van der Waals surface area contributed by atoms with E-state index in [2.05, 4.69) is 29.2 Å². The summed E-state index contributed by atoms with van der Waals surface area (Å²) in [5.41, 5.74) is 2.98. The number of likely N-dealkylation sites (tertiary alicyclic amines) is 1. The van der Waals surface area contributed by atoms with Crippen molar-refractivity contribution in [1.29, 1.82) is 0 Å². The Labute approximate surface area is 145 Å². The van der Waals surface area contributed by atoms with Crippen LogP contribution in [0.15, 0.2) is 42.5 Å². The first-order chi connectivity index (χ1) is 12.1. The monoisotopic (exact) mass is 342 g/mol. The summed E-state index contributed by atoms with van der Waals surface area (Å²) in [4.78, 5) is 16.7. The summed E-state index contributed by atoms with van der Waals surface area (Å²) >= 11 is 0. The highest BCUT2D eigenvalue weighted by atomic mass is 19.2. The summed E-state index contributed by atoms with van der Waals surface area (Å²) in [5.74, 6) is -2.13. The second-order valence-corrected chi connectivity index (χ2v) is 6.81. The molecule has 4 rings (SSSR count). The molecule has 1 unspecified atom stereocenters. The molecule has 2 aromatic rings. The summed E-state index contributed by atoms with van der Waals surface area (Å²) in [6, 6.07) is 12.2. The van der Waals surface area contributed by atoms with Crippen molar-refractivity contribution in [3.8, 4) is 0 Å². The van der Waals surface area contributed by atoms with Gasteiger partial charge in [0.15, 0.2) is 11.6 Å². The number of rotatable bonds is 2. The van der Waals surface area contributed by atoms with Crippen LogP contribution in [-0.4, -0.2) is 41.4 Å². The number of benzene rings is 2. The minimum Gasteiger partial charge on any atom is -0.337 e. The van der Waals surface area contributed by atoms with E-state index in [0.717, 1.165) is 38.1 Å². The Morgan fingerprint density at radius 1 is 1.00 bits per heavy atom. The van der Waals surface area contributed by atoms with Gasteiger partial charge in [-0.25, -0.2) is 8.78 Å². The van der Waals surface area contributed by atoms with Crippen molar-refractivity contribution in [3.05, 3.63) is 70.8 Å². The minimum atomic E-state index is -0.978. The Morgan fingerprint density at radius 3 is 2.60 bits per heavy atom. The number of hydrogen-bond acceptors (Lipinski definition) is 2. The van der Waals surface area contributed by atoms with E-state index in [9.17, 15) is 13.6 Å². The van der Waals surface area contributed by atoms with Gasteiger partial charge in [-0.3, -0.25) is 9.69 Å². The van der Waals surface area contributed by atoms with Gasteiger partial charge in [-0.15, -0.1) is 0 Å². The zero-order chi connectivity index (χ0) is 17.4. The molecule has 0 bridgehead atoms. The first-order valence-corrected chi connectivity index (χ1v) is 8.67. The van der Waals surface area contributed by atoms with E-state index in [0.29, 0.717) is 19.1 Å². The molecule has 1 atom stereocenters. The van der Waals surface area contributed by atoms with Crippen molar-refractivity contribution in [1.82, 2.24) is 9.80 Å². The fourth-order valence-electron chi connectivity index (χ4n) is 3.87. The van der Waals surface area contributed by atoms with Crippen LogP contribution in [-0.2, 0) is 13.0 Å². The van der Waals surface area contributed by atoms with Gasteiger partial charge < -0.3 is 4.90 Å². The number of carbonyl (C=O) groups is 1. The molecule has 0 spiro atoms. The molecule has 2 aliphatic heterocycles. The number of hydrogen-bond donors (Lipinski definition) is 0. The van der Waals surface area contributed by atoms with E-state index in [-0.39, 0.29) is 11.5 Å². The summed E-state index contributed by atoms with van der Waals surface area (Å²) in [6.07, 6.45) is 1.95. The molecule has 130 valence electrons. The lowest BCUT2D eigenvalue weighted by atomic mass is 9.98. The average Bonchev–Trinajstić information content (AvgIpc) is 3.13. The molecule has 2 aromatic carbocycles. The summed E-state index contributed by atoms with van der Waals surface area (Å²) in [6.45, 7) is 3.20. The van der Waals surface area contributed by atoms with Crippen molar-refractivity contribution in [2.75, 3.05) is 19.6 Å². The zero-order valence-electron chi connectivity index (χ0n) is 13.9. The molecular weight excluding hydrogens is 322 g/mol. The quantitative estimate of drug-likeness (QED) is 0.837. The predicted molar refractivity (Wildman–Crippen MR) is 91.2 cm³/mol. The van der Waals surface area contributed by atoms with Gasteiger partial charge in [-0.05, 0) is 42.2 Å². The topological polar surface area (TPSA) is 23.6 Å². The van der Waals surface area contributed by atoms with Crippen LogP contribution in [0.25, 0.3) is 0 Å². The number of halogens is 2. The van der Waals surface area contributed by atoms with Crippen molar-refractivity contribution in [3.63, 3.8) is 0 Å². The second kappa shape index (κ2) is 6.56. The molecule has 1 saturated heterocycles. The van der Waals surface area contributed by atoms with Crippen LogP contribution in [0.5, 0.6) is 0 Å². The Balaban J connectivity index is 1.43. The molecule has 1 amide bonds. The SMILES string of the molecule is O=C(c1ccc(F)c(F)c1)N1CCC(N2CCc3ccccc3C2)C1. The van der Waals surface area contributed by atoms with Gasteiger partial charge in [0.25, 0.3) is 5.91 Å². The number of nitrogens with zero attached hydrogens (tertiary/aromatic N) is 2. The van der Waals surface area contributed by atoms with Crippen molar-refractivity contribution < 1.29 is 13.6 Å². The Kier molecular flexibility index (Phi) is 4.25. The largest absolute Gasteiger partial charge is 0.337 e. The normalized spacial score (nSPS) is 20.6. The first kappa shape index (κ1) is 16.2. The van der Waals surface area contributed by atoms with Crippen LogP contribution in [0.4, 0.5) is 8.78 Å². The van der Waals surface area contributed by atoms with Gasteiger partial charge in [0, 0.05) is 37.8 Å². The Morgan fingerprint density at radius 2 is 1.80 bits per heavy atom. The lowest BCUT2D eigenvalue weighted by Gasteiger charge is -2.33. The molecule has 0 aromatic heterocycles. The molecule has 2 heterocycles. The zero-order valence-corrected chi connectivity index (χ0v) is 13.9. The Bertz CT molecular complexity index is 808. The van der Waals surface area contributed by atoms with Gasteiger partial charge in [-0.1, -0.05) is 24.3 Å². The third-order valence-corrected chi connectivity index (χ3v) is 5.29. The van der Waals surface area contributed by atoms with Gasteiger partial charge >= 0.3 is 0 Å². The highest BCUT2D eigenvalue weighted by Gasteiger charge is 2.32. The van der Waals surface area contributed by atoms with E-state index in [1.807, 2.05) is 0 Å². The molecule has 0 aliphatic carbocycles. The molecule has 2 aliphatic rings. The highest BCUT2D eigenvalue weighted by molar-refractivity contribution is 5.94. The lowest BCUT2D eigenvalue weighted by Crippen LogP contribution is -2.41. The van der Waals surface area contributed by atoms with Gasteiger partial charge in [0.2, 0.25) is 0 Å². The Hall–Kier alpha value is -2.27. The first-order valence-electron chi connectivity index (χ1n) is 8.67. The second-order valence-electron chi connectivity index (χ2n) is 6.81. The molecule has 3 nitrogen and oxygen atoms in total. The summed E-state index contributed by atoms with van der Waals surface area (Å²) in [7, 11) is 0. The van der Waals surface area contributed by atoms with E-state index in [4.69, 9.17) is 0 Å². The smallest absolute Gasteiger partial charge is 0.254 e. The molecule has 1 fully saturated rings. The minimum absolute atomic E-state index is 0.212. The van der Waals surface area contributed by atoms with Crippen LogP contribution < -0.4 is 0 Å². The number of fused-ring (bicyclic) bond motifs is 1. The maximum atomic E-state index is 13.4. The fourth-order valence-corrected chi connectivity index (χ4v) is 3.87. The van der Waals surface area contributed by atoms with Gasteiger partial charge in [0.05, 0.1) is 0 Å². The molecule has 0 radical (unpaired) electrons. The van der Waals surface area contributed by atoms with Crippen LogP contribution >= 0.6 is 0 Å². The van der Waals surface area contributed by atoms with Crippen LogP contribution in [0.2, 0.25) is 0 Å². The maximum Gasteiger partial charge on any atom is 0.254 e. The van der Waals surface area contributed by atoms with Crippen molar-refractivity contribution in [2.45, 2.75) is 25.4 Å². The van der Waals surface area contributed by atoms with Crippen LogP contribution in [0.1, 0.15) is 27.9 Å².